The summed E-state index contributed by atoms with van der Waals surface area (Å²) in [5, 5.41) is 159. The van der Waals surface area contributed by atoms with E-state index in [0.717, 1.165) is 150 Å². The summed E-state index contributed by atoms with van der Waals surface area (Å²) in [6.45, 7) is 2.07. The molecule has 22 N–H and O–H groups in total. The molecule has 31 heteroatoms. The molecule has 0 aliphatic carbocycles. The SMILES string of the molecule is C.Cc1ccc(-c2c[nH]c3ncc(-c4ccc(O)c(O)c4)cc23)cc1.Oc1ccc(-c2c[nH]c3ncc(-c4ccc(O)c(O)c4)cc23)cc1.Oc1ccc(-c2c[nH]c3ncc(-c4ccc(O)cc4O)cc23)cc1.Oc1ccc(-c2cnc3[nH]cc(-c4ccc(F)c(F)c4)c3c2)cc1O.Oc1ccc(-c2cnc3[nH]cc(-c4ccc(O)c(F)c4)c3c2)cc1.Oc1ccc(-c2cnc3[nH]cc(-c4ccc(O)c(O)c4)c3c2)c(O)c1. The molecule has 0 unspecified atom stereocenters. The van der Waals surface area contributed by atoms with Crippen LogP contribution >= 0.6 is 0 Å². The van der Waals surface area contributed by atoms with Gasteiger partial charge in [0.1, 0.15) is 74.1 Å². The molecule has 12 aromatic heterocycles. The van der Waals surface area contributed by atoms with Crippen LogP contribution in [-0.4, -0.2) is 142 Å². The second-order valence-corrected chi connectivity index (χ2v) is 34.0. The first-order valence-electron chi connectivity index (χ1n) is 44.9. The first kappa shape index (κ1) is 96.6. The van der Waals surface area contributed by atoms with Crippen LogP contribution in [0.15, 0.2) is 353 Å². The van der Waals surface area contributed by atoms with Gasteiger partial charge in [-0.1, -0.05) is 110 Å². The first-order valence-corrected chi connectivity index (χ1v) is 44.9. The molecule has 0 atom stereocenters. The van der Waals surface area contributed by atoms with Crippen LogP contribution in [0.25, 0.3) is 200 Å². The topological polar surface area (TPSA) is 496 Å². The van der Waals surface area contributed by atoms with Gasteiger partial charge in [0.25, 0.3) is 0 Å². The Morgan fingerprint density at radius 1 is 0.170 bits per heavy atom. The summed E-state index contributed by atoms with van der Waals surface area (Å²) in [5.41, 5.74) is 24.8. The maximum Gasteiger partial charge on any atom is 0.165 e. The maximum atomic E-state index is 13.7. The third-order valence-electron chi connectivity index (χ3n) is 24.4. The van der Waals surface area contributed by atoms with Crippen molar-refractivity contribution in [1.29, 1.82) is 0 Å². The zero-order valence-electron chi connectivity index (χ0n) is 76.5. The molecule has 0 saturated heterocycles. The average molecular weight is 1960 g/mol. The van der Waals surface area contributed by atoms with E-state index in [2.05, 4.69) is 91.0 Å². The molecule has 0 fully saturated rings. The van der Waals surface area contributed by atoms with Crippen molar-refractivity contribution in [2.24, 2.45) is 0 Å². The number of aromatic hydroxyl groups is 16. The van der Waals surface area contributed by atoms with Crippen LogP contribution < -0.4 is 0 Å². The third kappa shape index (κ3) is 20.7. The van der Waals surface area contributed by atoms with E-state index in [4.69, 9.17) is 0 Å². The normalized spacial score (nSPS) is 11.0. The molecule has 728 valence electrons. The van der Waals surface area contributed by atoms with Crippen molar-refractivity contribution in [3.05, 3.63) is 376 Å². The molecule has 12 aromatic carbocycles. The number of hydrogen-bond acceptors (Lipinski definition) is 22. The van der Waals surface area contributed by atoms with Crippen LogP contribution in [0.1, 0.15) is 13.0 Å². The minimum atomic E-state index is -0.917. The minimum Gasteiger partial charge on any atom is -0.508 e. The molecule has 0 spiro atoms. The fourth-order valence-electron chi connectivity index (χ4n) is 16.7. The van der Waals surface area contributed by atoms with Gasteiger partial charge in [0.15, 0.2) is 69.2 Å². The number of nitrogens with zero attached hydrogens (tertiary/aromatic N) is 6. The molecule has 0 aliphatic heterocycles. The van der Waals surface area contributed by atoms with Crippen molar-refractivity contribution in [3.8, 4) is 226 Å². The molecule has 0 amide bonds. The average Bonchev–Trinajstić information content (AvgIpc) is 1.68. The van der Waals surface area contributed by atoms with Crippen molar-refractivity contribution < 1.29 is 94.9 Å². The number of rotatable bonds is 12. The summed E-state index contributed by atoms with van der Waals surface area (Å²) in [6, 6.07) is 76.2. The summed E-state index contributed by atoms with van der Waals surface area (Å²) in [4.78, 5) is 45.0. The fourth-order valence-corrected chi connectivity index (χ4v) is 16.7. The van der Waals surface area contributed by atoms with Gasteiger partial charge in [-0.2, -0.15) is 0 Å². The van der Waals surface area contributed by atoms with E-state index < -0.39 is 17.5 Å². The van der Waals surface area contributed by atoms with E-state index in [1.54, 1.807) is 135 Å². The molecule has 28 nitrogen and oxygen atoms in total. The summed E-state index contributed by atoms with van der Waals surface area (Å²) < 4.78 is 40.4. The van der Waals surface area contributed by atoms with Crippen LogP contribution in [0, 0.1) is 24.4 Å². The molecular weight excluding hydrogens is 1870 g/mol. The Morgan fingerprint density at radius 3 is 0.701 bits per heavy atom. The van der Waals surface area contributed by atoms with E-state index in [9.17, 15) is 94.9 Å². The highest BCUT2D eigenvalue weighted by Crippen LogP contribution is 2.45. The zero-order chi connectivity index (χ0) is 102. The predicted molar refractivity (Wildman–Crippen MR) is 560 cm³/mol. The predicted octanol–water partition coefficient (Wildman–Crippen LogP) is 26.0. The Kier molecular flexibility index (Phi) is 27.0. The lowest BCUT2D eigenvalue weighted by Crippen LogP contribution is -1.86. The van der Waals surface area contributed by atoms with Crippen molar-refractivity contribution in [1.82, 2.24) is 59.8 Å². The highest BCUT2D eigenvalue weighted by molar-refractivity contribution is 6.02. The number of halogens is 3. The van der Waals surface area contributed by atoms with Gasteiger partial charge in [0.05, 0.1) is 0 Å². The quantitative estimate of drug-likeness (QED) is 0.0505. The number of phenols is 16. The largest absolute Gasteiger partial charge is 0.508 e. The molecule has 0 bridgehead atoms. The lowest BCUT2D eigenvalue weighted by Gasteiger charge is -2.06. The van der Waals surface area contributed by atoms with Gasteiger partial charge in [-0.3, -0.25) is 0 Å². The van der Waals surface area contributed by atoms with Crippen LogP contribution in [0.3, 0.4) is 0 Å². The van der Waals surface area contributed by atoms with E-state index in [1.165, 1.54) is 96.6 Å². The van der Waals surface area contributed by atoms with Crippen molar-refractivity contribution >= 4 is 66.2 Å². The number of fused-ring (bicyclic) bond motifs is 6. The second kappa shape index (κ2) is 41.0. The number of aryl methyl sites for hydroxylation is 1. The Morgan fingerprint density at radius 2 is 0.401 bits per heavy atom. The monoisotopic (exact) mass is 1960 g/mol. The molecule has 0 radical (unpaired) electrons. The van der Waals surface area contributed by atoms with Crippen molar-refractivity contribution in [3.63, 3.8) is 0 Å². The molecule has 147 heavy (non-hydrogen) atoms. The van der Waals surface area contributed by atoms with E-state index >= 15 is 0 Å². The summed E-state index contributed by atoms with van der Waals surface area (Å²) in [7, 11) is 0. The Bertz CT molecular complexity index is 8870. The highest BCUT2D eigenvalue weighted by atomic mass is 19.2. The van der Waals surface area contributed by atoms with E-state index in [-0.39, 0.29) is 99.4 Å². The molecule has 24 rings (SSSR count). The molecule has 12 heterocycles. The zero-order valence-corrected chi connectivity index (χ0v) is 76.5. The number of pyridine rings is 6. The van der Waals surface area contributed by atoms with Gasteiger partial charge >= 0.3 is 0 Å². The number of benzene rings is 12. The Balaban J connectivity index is 0.000000115. The number of phenolic OH excluding ortho intramolecular Hbond substituents is 16. The lowest BCUT2D eigenvalue weighted by atomic mass is 10.0. The molecule has 0 aliphatic rings. The van der Waals surface area contributed by atoms with Gasteiger partial charge in [-0.25, -0.2) is 43.1 Å². The van der Waals surface area contributed by atoms with Crippen LogP contribution in [0.2, 0.25) is 0 Å². The van der Waals surface area contributed by atoms with E-state index in [0.29, 0.717) is 61.4 Å². The smallest absolute Gasteiger partial charge is 0.165 e. The van der Waals surface area contributed by atoms with Gasteiger partial charge in [-0.15, -0.1) is 0 Å². The number of hydrogen-bond donors (Lipinski definition) is 22. The van der Waals surface area contributed by atoms with Crippen LogP contribution in [0.5, 0.6) is 92.0 Å². The number of H-pyrrole nitrogens is 6. The number of aromatic amines is 6. The van der Waals surface area contributed by atoms with Crippen molar-refractivity contribution in [2.75, 3.05) is 0 Å². The van der Waals surface area contributed by atoms with Gasteiger partial charge in [-0.05, 0) is 232 Å². The minimum absolute atomic E-state index is 0. The first-order chi connectivity index (χ1) is 70.5. The van der Waals surface area contributed by atoms with Gasteiger partial charge < -0.3 is 112 Å². The Labute approximate surface area is 832 Å². The van der Waals surface area contributed by atoms with Gasteiger partial charge in [0.2, 0.25) is 0 Å². The molecule has 0 saturated carbocycles. The van der Waals surface area contributed by atoms with Gasteiger partial charge in [0, 0.05) is 197 Å². The second-order valence-electron chi connectivity index (χ2n) is 34.0. The maximum absolute atomic E-state index is 13.7. The number of nitrogens with one attached hydrogen (secondary N) is 6. The summed E-state index contributed by atoms with van der Waals surface area (Å²) in [5.74, 6) is -3.68. The standard InChI is InChI=1S/C20H16N2O2.C19H12F2N2O2.C19H13FN2O2.C19H14N2O4.2C19H14N2O3.CH4/c1-12-2-4-13(5-3-12)17-11-22-20-16(17)8-15(10-21-20)14-6-7-18(23)19(24)9-14;20-15-3-1-11(6-16(15)21)14-9-23-19-13(14)5-12(8-22-19)10-2-4-17(24)18(25)7-10;20-17-8-12(3-6-18(17)24)16-10-22-19-15(16)7-13(9-21-19)11-1-4-14(23)5-2-11;22-12-2-3-13(17(24)7-12)11-5-14-15(9-21-19(14)20-8-11)10-1-4-16(23)18(25)6-10;22-14-4-1-11(2-5-14)16-10-21-19-15(16)7-13(9-20-19)12-3-6-17(23)18(24)8-12;22-13-3-1-11(2-4-13)17-10-21-19-16(17)7-12(9-20-19)15-6-5-14(23)8-18(15)24;/h2-11,23-24H,1H3,(H,21,22);1-9,24-25H,(H,22,23);1-10,23-24H,(H,21,22);1-9,22-25H,(H,20,21);2*1-10,22-24H,(H,20,21);1H4. The number of aromatic nitrogens is 12. The highest BCUT2D eigenvalue weighted by Gasteiger charge is 2.21. The Hall–Kier alpha value is -20.6. The molecular formula is C116H87F3N12O16. The van der Waals surface area contributed by atoms with Crippen LogP contribution in [0.4, 0.5) is 13.2 Å². The lowest BCUT2D eigenvalue weighted by molar-refractivity contribution is 0.404. The summed E-state index contributed by atoms with van der Waals surface area (Å²) in [6.07, 6.45) is 21.1. The fraction of sp³-hybridized carbons (Fsp3) is 0.0172. The van der Waals surface area contributed by atoms with Crippen molar-refractivity contribution in [2.45, 2.75) is 14.4 Å². The summed E-state index contributed by atoms with van der Waals surface area (Å²) >= 11 is 0. The van der Waals surface area contributed by atoms with E-state index in [1.807, 2.05) is 91.4 Å². The molecule has 24 aromatic rings. The van der Waals surface area contributed by atoms with Crippen LogP contribution in [-0.2, 0) is 0 Å². The third-order valence-corrected chi connectivity index (χ3v) is 24.4.